The summed E-state index contributed by atoms with van der Waals surface area (Å²) in [5.74, 6) is -0.407. The van der Waals surface area contributed by atoms with Crippen molar-refractivity contribution in [1.82, 2.24) is 0 Å². The number of aryl methyl sites for hydroxylation is 3. The van der Waals surface area contributed by atoms with Crippen LogP contribution in [0.25, 0.3) is 10.8 Å². The molecule has 0 unspecified atom stereocenters. The summed E-state index contributed by atoms with van der Waals surface area (Å²) >= 11 is 0. The van der Waals surface area contributed by atoms with E-state index >= 15 is 4.39 Å². The van der Waals surface area contributed by atoms with Gasteiger partial charge in [0.05, 0.1) is 5.56 Å². The van der Waals surface area contributed by atoms with E-state index in [1.54, 1.807) is 12.1 Å². The van der Waals surface area contributed by atoms with Crippen molar-refractivity contribution in [1.29, 1.82) is 0 Å². The Balaban J connectivity index is 1.46. The third-order valence-electron chi connectivity index (χ3n) is 6.14. The summed E-state index contributed by atoms with van der Waals surface area (Å²) in [6.07, 6.45) is 2.58. The van der Waals surface area contributed by atoms with Gasteiger partial charge in [0.15, 0.2) is 11.6 Å². The summed E-state index contributed by atoms with van der Waals surface area (Å²) in [6.45, 7) is 2.01. The second kappa shape index (κ2) is 12.1. The Bertz CT molecular complexity index is 1530. The van der Waals surface area contributed by atoms with Gasteiger partial charge in [-0.15, -0.1) is 13.2 Å². The summed E-state index contributed by atoms with van der Waals surface area (Å²) in [4.78, 5) is 0. The lowest BCUT2D eigenvalue weighted by molar-refractivity contribution is -0.276. The second-order valence-corrected chi connectivity index (χ2v) is 8.97. The number of ether oxygens (including phenoxy) is 1. The van der Waals surface area contributed by atoms with Crippen molar-refractivity contribution in [3.8, 4) is 17.6 Å². The maximum atomic E-state index is 15.1. The Morgan fingerprint density at radius 2 is 1.36 bits per heavy atom. The molecule has 0 atom stereocenters. The van der Waals surface area contributed by atoms with Crippen LogP contribution in [0.4, 0.5) is 26.3 Å². The molecule has 0 saturated heterocycles. The lowest BCUT2D eigenvalue weighted by Crippen LogP contribution is -2.19. The average molecular weight is 539 g/mol. The summed E-state index contributed by atoms with van der Waals surface area (Å²) in [5.41, 5.74) is 3.28. The summed E-state index contributed by atoms with van der Waals surface area (Å²) in [5, 5.41) is 1.02. The Morgan fingerprint density at radius 1 is 0.744 bits per heavy atom. The average Bonchev–Trinajstić information content (AvgIpc) is 2.89. The van der Waals surface area contributed by atoms with Crippen molar-refractivity contribution in [2.75, 3.05) is 0 Å². The molecule has 0 spiro atoms. The van der Waals surface area contributed by atoms with E-state index < -0.39 is 29.6 Å². The molecule has 4 aromatic carbocycles. The largest absolute Gasteiger partial charge is 0.573 e. The van der Waals surface area contributed by atoms with Gasteiger partial charge in [0, 0.05) is 10.9 Å². The minimum Gasteiger partial charge on any atom is -0.399 e. The molecule has 4 rings (SSSR count). The Kier molecular flexibility index (Phi) is 8.65. The van der Waals surface area contributed by atoms with E-state index in [-0.39, 0.29) is 11.1 Å². The van der Waals surface area contributed by atoms with E-state index in [4.69, 9.17) is 0 Å². The van der Waals surface area contributed by atoms with Crippen LogP contribution in [0.2, 0.25) is 0 Å². The molecule has 7 heteroatoms. The first-order chi connectivity index (χ1) is 18.6. The maximum Gasteiger partial charge on any atom is 0.573 e. The third kappa shape index (κ3) is 7.44. The van der Waals surface area contributed by atoms with Crippen LogP contribution < -0.4 is 4.74 Å². The zero-order valence-corrected chi connectivity index (χ0v) is 21.0. The van der Waals surface area contributed by atoms with Gasteiger partial charge in [-0.25, -0.2) is 13.2 Å². The van der Waals surface area contributed by atoms with Gasteiger partial charge < -0.3 is 4.74 Å². The van der Waals surface area contributed by atoms with Crippen LogP contribution in [-0.2, 0) is 19.3 Å². The van der Waals surface area contributed by atoms with Crippen LogP contribution in [0.1, 0.15) is 41.2 Å². The Morgan fingerprint density at radius 3 is 2.00 bits per heavy atom. The van der Waals surface area contributed by atoms with Gasteiger partial charge in [-0.3, -0.25) is 0 Å². The highest BCUT2D eigenvalue weighted by Gasteiger charge is 2.34. The van der Waals surface area contributed by atoms with Crippen molar-refractivity contribution in [2.45, 2.75) is 39.0 Å². The van der Waals surface area contributed by atoms with Crippen molar-refractivity contribution in [3.63, 3.8) is 0 Å². The van der Waals surface area contributed by atoms with E-state index in [1.807, 2.05) is 25.1 Å². The minimum absolute atomic E-state index is 0.0128. The fourth-order valence-corrected chi connectivity index (χ4v) is 4.16. The van der Waals surface area contributed by atoms with Crippen LogP contribution in [0.5, 0.6) is 5.75 Å². The van der Waals surface area contributed by atoms with Gasteiger partial charge in [0.1, 0.15) is 5.82 Å². The van der Waals surface area contributed by atoms with Crippen molar-refractivity contribution >= 4 is 10.8 Å². The first-order valence-electron chi connectivity index (χ1n) is 12.3. The Labute approximate surface area is 222 Å². The summed E-state index contributed by atoms with van der Waals surface area (Å²) < 4.78 is 83.3. The number of benzene rings is 4. The van der Waals surface area contributed by atoms with Crippen molar-refractivity contribution < 1.29 is 31.1 Å². The van der Waals surface area contributed by atoms with E-state index in [0.717, 1.165) is 31.2 Å². The molecule has 0 amide bonds. The Hall–Kier alpha value is -4.18. The number of alkyl halides is 3. The highest BCUT2D eigenvalue weighted by atomic mass is 19.4. The highest BCUT2D eigenvalue weighted by molar-refractivity contribution is 5.85. The number of allylic oxidation sites excluding steroid dienone is 2. The SMILES string of the molecule is C/C=C/CCc1ccc(CCc2ccc3c(F)c(C#Cc4cc(F)c(OC(F)(F)F)c(F)c4)ccc3c2)cc1. The molecule has 1 nitrogen and oxygen atoms in total. The molecular weight excluding hydrogens is 514 g/mol. The normalized spacial score (nSPS) is 11.6. The van der Waals surface area contributed by atoms with E-state index in [0.29, 0.717) is 22.9 Å². The number of halogens is 6. The third-order valence-corrected chi connectivity index (χ3v) is 6.14. The second-order valence-electron chi connectivity index (χ2n) is 8.97. The van der Waals surface area contributed by atoms with Crippen LogP contribution in [0.15, 0.2) is 78.9 Å². The van der Waals surface area contributed by atoms with Gasteiger partial charge in [0.25, 0.3) is 0 Å². The van der Waals surface area contributed by atoms with Gasteiger partial charge in [-0.2, -0.15) is 0 Å². The molecule has 0 aliphatic carbocycles. The minimum atomic E-state index is -5.25. The lowest BCUT2D eigenvalue weighted by atomic mass is 9.98. The molecule has 39 heavy (non-hydrogen) atoms. The number of hydrogen-bond donors (Lipinski definition) is 0. The van der Waals surface area contributed by atoms with Crippen LogP contribution in [-0.4, -0.2) is 6.36 Å². The van der Waals surface area contributed by atoms with Crippen molar-refractivity contribution in [3.05, 3.63) is 124 Å². The first kappa shape index (κ1) is 27.8. The molecule has 0 fully saturated rings. The predicted molar refractivity (Wildman–Crippen MR) is 140 cm³/mol. The van der Waals surface area contributed by atoms with E-state index in [9.17, 15) is 22.0 Å². The number of hydrogen-bond acceptors (Lipinski definition) is 1. The topological polar surface area (TPSA) is 9.23 Å². The fraction of sp³-hybridized carbons (Fsp3) is 0.188. The fourth-order valence-electron chi connectivity index (χ4n) is 4.16. The van der Waals surface area contributed by atoms with Gasteiger partial charge in [-0.1, -0.05) is 72.5 Å². The van der Waals surface area contributed by atoms with Crippen LogP contribution >= 0.6 is 0 Å². The van der Waals surface area contributed by atoms with Gasteiger partial charge >= 0.3 is 6.36 Å². The highest BCUT2D eigenvalue weighted by Crippen LogP contribution is 2.29. The number of fused-ring (bicyclic) bond motifs is 1. The number of rotatable bonds is 7. The van der Waals surface area contributed by atoms with Crippen LogP contribution in [0, 0.1) is 29.3 Å². The molecule has 4 aromatic rings. The molecule has 0 aliphatic rings. The van der Waals surface area contributed by atoms with Crippen molar-refractivity contribution in [2.24, 2.45) is 0 Å². The van der Waals surface area contributed by atoms with Gasteiger partial charge in [-0.05, 0) is 72.9 Å². The quantitative estimate of drug-likeness (QED) is 0.130. The zero-order chi connectivity index (χ0) is 28.0. The predicted octanol–water partition coefficient (Wildman–Crippen LogP) is 8.85. The standard InChI is InChI=1S/C32H24F6O/c1-2-3-4-5-21-6-8-22(9-7-21)10-11-23-13-17-27-26(18-23)16-15-25(30(27)35)14-12-24-19-28(33)31(29(34)20-24)39-32(36,37)38/h2-3,6-9,13,15-20H,4-5,10-11H2,1H3/b3-2+. The van der Waals surface area contributed by atoms with Gasteiger partial charge in [0.2, 0.25) is 5.75 Å². The molecule has 0 heterocycles. The molecule has 0 bridgehead atoms. The summed E-state index contributed by atoms with van der Waals surface area (Å²) in [6, 6.07) is 18.3. The summed E-state index contributed by atoms with van der Waals surface area (Å²) in [7, 11) is 0. The molecule has 0 N–H and O–H groups in total. The lowest BCUT2D eigenvalue weighted by Gasteiger charge is -2.10. The van der Waals surface area contributed by atoms with Crippen LogP contribution in [0.3, 0.4) is 0 Å². The molecule has 0 saturated carbocycles. The van der Waals surface area contributed by atoms with E-state index in [2.05, 4.69) is 46.9 Å². The maximum absolute atomic E-state index is 15.1. The monoisotopic (exact) mass is 538 g/mol. The molecular formula is C32H24F6O. The smallest absolute Gasteiger partial charge is 0.399 e. The van der Waals surface area contributed by atoms with E-state index in [1.165, 1.54) is 17.2 Å². The molecule has 0 aromatic heterocycles. The molecule has 0 aliphatic heterocycles. The molecule has 0 radical (unpaired) electrons. The molecule has 200 valence electrons. The zero-order valence-electron chi connectivity index (χ0n) is 21.0. The first-order valence-corrected chi connectivity index (χ1v) is 12.3.